The molecule has 1 fully saturated rings. The quantitative estimate of drug-likeness (QED) is 0.792. The normalized spacial score (nSPS) is 18.1. The Morgan fingerprint density at radius 3 is 2.86 bits per heavy atom. The lowest BCUT2D eigenvalue weighted by molar-refractivity contribution is 0.524. The van der Waals surface area contributed by atoms with Crippen LogP contribution in [-0.2, 0) is 0 Å². The SMILES string of the molecule is Cc1nsc(NCC2(CCCl)CC2)n1. The Morgan fingerprint density at radius 1 is 1.57 bits per heavy atom. The van der Waals surface area contributed by atoms with E-state index in [4.69, 9.17) is 11.6 Å². The van der Waals surface area contributed by atoms with E-state index in [1.165, 1.54) is 24.4 Å². The maximum Gasteiger partial charge on any atom is 0.202 e. The van der Waals surface area contributed by atoms with Gasteiger partial charge in [-0.1, -0.05) is 0 Å². The van der Waals surface area contributed by atoms with Crippen LogP contribution in [0.5, 0.6) is 0 Å². The van der Waals surface area contributed by atoms with Gasteiger partial charge in [0, 0.05) is 24.0 Å². The van der Waals surface area contributed by atoms with Crippen molar-refractivity contribution < 1.29 is 0 Å². The summed E-state index contributed by atoms with van der Waals surface area (Å²) in [7, 11) is 0. The van der Waals surface area contributed by atoms with Crippen LogP contribution in [0.4, 0.5) is 5.13 Å². The second-order valence-electron chi connectivity index (χ2n) is 3.94. The number of nitrogens with one attached hydrogen (secondary N) is 1. The summed E-state index contributed by atoms with van der Waals surface area (Å²) in [6, 6.07) is 0. The predicted octanol–water partition coefficient (Wildman–Crippen LogP) is 2.67. The average Bonchev–Trinajstić information content (AvgIpc) is 2.80. The van der Waals surface area contributed by atoms with Crippen LogP contribution in [0, 0.1) is 12.3 Å². The van der Waals surface area contributed by atoms with Crippen molar-refractivity contribution in [2.24, 2.45) is 5.41 Å². The van der Waals surface area contributed by atoms with Crippen LogP contribution in [0.1, 0.15) is 25.1 Å². The molecule has 0 unspecified atom stereocenters. The Hall–Kier alpha value is -0.350. The molecule has 0 aliphatic heterocycles. The third-order valence-corrected chi connectivity index (χ3v) is 3.68. The van der Waals surface area contributed by atoms with Crippen LogP contribution in [0.15, 0.2) is 0 Å². The molecule has 14 heavy (non-hydrogen) atoms. The number of halogens is 1. The number of hydrogen-bond acceptors (Lipinski definition) is 4. The lowest BCUT2D eigenvalue weighted by Crippen LogP contribution is -2.15. The zero-order valence-electron chi connectivity index (χ0n) is 8.22. The van der Waals surface area contributed by atoms with Crippen LogP contribution >= 0.6 is 23.1 Å². The minimum atomic E-state index is 0.460. The molecule has 1 aromatic rings. The highest BCUT2D eigenvalue weighted by Crippen LogP contribution is 2.48. The molecule has 1 heterocycles. The van der Waals surface area contributed by atoms with Crippen molar-refractivity contribution in [2.75, 3.05) is 17.7 Å². The third kappa shape index (κ3) is 2.36. The van der Waals surface area contributed by atoms with Crippen molar-refractivity contribution in [3.8, 4) is 0 Å². The van der Waals surface area contributed by atoms with Gasteiger partial charge in [-0.05, 0) is 31.6 Å². The Balaban J connectivity index is 1.82. The number of anilines is 1. The Kier molecular flexibility index (Phi) is 2.93. The highest BCUT2D eigenvalue weighted by molar-refractivity contribution is 7.09. The number of rotatable bonds is 5. The summed E-state index contributed by atoms with van der Waals surface area (Å²) in [6.45, 7) is 2.90. The molecule has 1 aliphatic rings. The second-order valence-corrected chi connectivity index (χ2v) is 5.07. The van der Waals surface area contributed by atoms with E-state index in [0.717, 1.165) is 29.8 Å². The highest BCUT2D eigenvalue weighted by Gasteiger charge is 2.41. The molecular formula is C9H14ClN3S. The van der Waals surface area contributed by atoms with E-state index < -0.39 is 0 Å². The minimum Gasteiger partial charge on any atom is -0.360 e. The van der Waals surface area contributed by atoms with E-state index in [9.17, 15) is 0 Å². The van der Waals surface area contributed by atoms with Crippen molar-refractivity contribution in [1.29, 1.82) is 0 Å². The van der Waals surface area contributed by atoms with Gasteiger partial charge in [-0.3, -0.25) is 0 Å². The van der Waals surface area contributed by atoms with E-state index in [2.05, 4.69) is 14.7 Å². The molecule has 78 valence electrons. The number of nitrogens with zero attached hydrogens (tertiary/aromatic N) is 2. The van der Waals surface area contributed by atoms with Gasteiger partial charge in [0.05, 0.1) is 0 Å². The third-order valence-electron chi connectivity index (χ3n) is 2.72. The summed E-state index contributed by atoms with van der Waals surface area (Å²) in [6.07, 6.45) is 3.70. The zero-order chi connectivity index (χ0) is 10.0. The smallest absolute Gasteiger partial charge is 0.202 e. The molecule has 1 aliphatic carbocycles. The number of alkyl halides is 1. The first-order chi connectivity index (χ1) is 6.74. The van der Waals surface area contributed by atoms with Gasteiger partial charge in [0.15, 0.2) is 0 Å². The lowest BCUT2D eigenvalue weighted by Gasteiger charge is -2.12. The molecule has 0 spiro atoms. The minimum absolute atomic E-state index is 0.460. The Labute approximate surface area is 93.1 Å². The molecule has 0 bridgehead atoms. The first kappa shape index (κ1) is 10.2. The van der Waals surface area contributed by atoms with Gasteiger partial charge >= 0.3 is 0 Å². The first-order valence-electron chi connectivity index (χ1n) is 4.84. The molecule has 3 nitrogen and oxygen atoms in total. The molecule has 1 saturated carbocycles. The fourth-order valence-corrected chi connectivity index (χ4v) is 2.49. The summed E-state index contributed by atoms with van der Waals surface area (Å²) in [4.78, 5) is 4.26. The van der Waals surface area contributed by atoms with Gasteiger partial charge in [0.2, 0.25) is 5.13 Å². The summed E-state index contributed by atoms with van der Waals surface area (Å²) in [5.41, 5.74) is 0.460. The summed E-state index contributed by atoms with van der Waals surface area (Å²) >= 11 is 7.19. The van der Waals surface area contributed by atoms with Crippen molar-refractivity contribution in [3.63, 3.8) is 0 Å². The number of aryl methyl sites for hydroxylation is 1. The van der Waals surface area contributed by atoms with E-state index in [1.807, 2.05) is 6.92 Å². The van der Waals surface area contributed by atoms with E-state index in [-0.39, 0.29) is 0 Å². The second kappa shape index (κ2) is 4.03. The number of hydrogen-bond donors (Lipinski definition) is 1. The molecule has 0 radical (unpaired) electrons. The fourth-order valence-electron chi connectivity index (χ4n) is 1.52. The molecule has 0 atom stereocenters. The van der Waals surface area contributed by atoms with Crippen LogP contribution in [0.25, 0.3) is 0 Å². The van der Waals surface area contributed by atoms with Crippen LogP contribution in [-0.4, -0.2) is 21.8 Å². The molecule has 0 amide bonds. The standard InChI is InChI=1S/C9H14ClN3S/c1-7-12-8(14-13-7)11-6-9(2-3-9)4-5-10/h2-6H2,1H3,(H,11,12,13). The maximum atomic E-state index is 5.76. The molecule has 0 saturated heterocycles. The van der Waals surface area contributed by atoms with Crippen molar-refractivity contribution >= 4 is 28.3 Å². The van der Waals surface area contributed by atoms with E-state index in [1.54, 1.807) is 0 Å². The van der Waals surface area contributed by atoms with Crippen molar-refractivity contribution in [3.05, 3.63) is 5.82 Å². The molecule has 1 N–H and O–H groups in total. The molecule has 1 aromatic heterocycles. The topological polar surface area (TPSA) is 37.8 Å². The average molecular weight is 232 g/mol. The van der Waals surface area contributed by atoms with Crippen LogP contribution in [0.2, 0.25) is 0 Å². The summed E-state index contributed by atoms with van der Waals surface area (Å²) in [5, 5.41) is 4.27. The largest absolute Gasteiger partial charge is 0.360 e. The molecule has 0 aromatic carbocycles. The van der Waals surface area contributed by atoms with Gasteiger partial charge < -0.3 is 5.32 Å². The van der Waals surface area contributed by atoms with Crippen LogP contribution < -0.4 is 5.32 Å². The highest BCUT2D eigenvalue weighted by atomic mass is 35.5. The maximum absolute atomic E-state index is 5.76. The van der Waals surface area contributed by atoms with E-state index >= 15 is 0 Å². The number of aromatic nitrogens is 2. The summed E-state index contributed by atoms with van der Waals surface area (Å²) < 4.78 is 4.13. The Bertz CT molecular complexity index is 309. The monoisotopic (exact) mass is 231 g/mol. The van der Waals surface area contributed by atoms with Gasteiger partial charge in [0.25, 0.3) is 0 Å². The summed E-state index contributed by atoms with van der Waals surface area (Å²) in [5.74, 6) is 1.61. The van der Waals surface area contributed by atoms with Gasteiger partial charge in [-0.15, -0.1) is 11.6 Å². The fraction of sp³-hybridized carbons (Fsp3) is 0.778. The van der Waals surface area contributed by atoms with Gasteiger partial charge in [-0.25, -0.2) is 4.98 Å². The van der Waals surface area contributed by atoms with Crippen molar-refractivity contribution in [1.82, 2.24) is 9.36 Å². The molecule has 2 rings (SSSR count). The Morgan fingerprint density at radius 2 is 2.36 bits per heavy atom. The van der Waals surface area contributed by atoms with E-state index in [0.29, 0.717) is 5.41 Å². The van der Waals surface area contributed by atoms with Gasteiger partial charge in [0.1, 0.15) is 5.82 Å². The predicted molar refractivity (Wildman–Crippen MR) is 60.1 cm³/mol. The molecular weight excluding hydrogens is 218 g/mol. The van der Waals surface area contributed by atoms with Crippen molar-refractivity contribution in [2.45, 2.75) is 26.2 Å². The lowest BCUT2D eigenvalue weighted by atomic mass is 10.0. The molecule has 5 heteroatoms. The van der Waals surface area contributed by atoms with Gasteiger partial charge in [-0.2, -0.15) is 4.37 Å². The zero-order valence-corrected chi connectivity index (χ0v) is 9.79. The first-order valence-corrected chi connectivity index (χ1v) is 6.15. The van der Waals surface area contributed by atoms with Crippen LogP contribution in [0.3, 0.4) is 0 Å².